The van der Waals surface area contributed by atoms with Crippen molar-refractivity contribution < 1.29 is 22.5 Å². The topological polar surface area (TPSA) is 123 Å². The maximum Gasteiger partial charge on any atom is 0.277 e. The standard InChI is InChI=1S/C19H20N4O5S/c1-11-6-5-7-12(2)17(11)23-29(25,26)16-9-14(10-20-19(16)27-4)21-18(24)15-8-13(3)28-22-15/h5-10,23H,1-4H3,(H,21,24). The molecule has 0 fully saturated rings. The van der Waals surface area contributed by atoms with Gasteiger partial charge in [0.15, 0.2) is 10.6 Å². The van der Waals surface area contributed by atoms with Crippen molar-refractivity contribution in [2.24, 2.45) is 0 Å². The van der Waals surface area contributed by atoms with Crippen LogP contribution >= 0.6 is 0 Å². The number of anilines is 2. The van der Waals surface area contributed by atoms with Crippen molar-refractivity contribution in [3.63, 3.8) is 0 Å². The fourth-order valence-corrected chi connectivity index (χ4v) is 4.03. The molecule has 2 aromatic heterocycles. The Morgan fingerprint density at radius 2 is 1.83 bits per heavy atom. The second-order valence-electron chi connectivity index (χ2n) is 6.38. The molecule has 9 nitrogen and oxygen atoms in total. The highest BCUT2D eigenvalue weighted by atomic mass is 32.2. The second kappa shape index (κ2) is 7.92. The third-order valence-electron chi connectivity index (χ3n) is 4.14. The molecule has 0 atom stereocenters. The quantitative estimate of drug-likeness (QED) is 0.633. The van der Waals surface area contributed by atoms with Gasteiger partial charge in [-0.3, -0.25) is 9.52 Å². The van der Waals surface area contributed by atoms with Crippen LogP contribution in [0.1, 0.15) is 27.4 Å². The van der Waals surface area contributed by atoms with E-state index in [4.69, 9.17) is 9.26 Å². The van der Waals surface area contributed by atoms with Gasteiger partial charge in [-0.1, -0.05) is 23.4 Å². The second-order valence-corrected chi connectivity index (χ2v) is 8.03. The molecule has 1 aromatic carbocycles. The third kappa shape index (κ3) is 4.37. The van der Waals surface area contributed by atoms with E-state index in [9.17, 15) is 13.2 Å². The highest BCUT2D eigenvalue weighted by Gasteiger charge is 2.24. The first-order chi connectivity index (χ1) is 13.7. The van der Waals surface area contributed by atoms with Crippen molar-refractivity contribution in [3.8, 4) is 5.88 Å². The number of carbonyl (C=O) groups is 1. The molecule has 0 aliphatic heterocycles. The number of methoxy groups -OCH3 is 1. The third-order valence-corrected chi connectivity index (χ3v) is 5.48. The molecule has 0 saturated heterocycles. The predicted molar refractivity (Wildman–Crippen MR) is 107 cm³/mol. The van der Waals surface area contributed by atoms with Crippen LogP contribution in [-0.2, 0) is 10.0 Å². The number of amides is 1. The highest BCUT2D eigenvalue weighted by Crippen LogP contribution is 2.29. The Morgan fingerprint density at radius 3 is 2.41 bits per heavy atom. The van der Waals surface area contributed by atoms with Crippen molar-refractivity contribution in [2.45, 2.75) is 25.7 Å². The van der Waals surface area contributed by atoms with E-state index in [1.54, 1.807) is 32.9 Å². The Kier molecular flexibility index (Phi) is 5.55. The van der Waals surface area contributed by atoms with Crippen LogP contribution in [0.25, 0.3) is 0 Å². The number of nitrogens with one attached hydrogen (secondary N) is 2. The van der Waals surface area contributed by atoms with Gasteiger partial charge in [-0.2, -0.15) is 0 Å². The number of para-hydroxylation sites is 1. The van der Waals surface area contributed by atoms with Gasteiger partial charge in [0.05, 0.1) is 24.7 Å². The van der Waals surface area contributed by atoms with Gasteiger partial charge in [0.1, 0.15) is 5.76 Å². The van der Waals surface area contributed by atoms with E-state index in [2.05, 4.69) is 20.2 Å². The Hall–Kier alpha value is -3.40. The SMILES string of the molecule is COc1ncc(NC(=O)c2cc(C)on2)cc1S(=O)(=O)Nc1c(C)cccc1C. The Bertz CT molecular complexity index is 1150. The molecular formula is C19H20N4O5S. The minimum atomic E-state index is -4.04. The lowest BCUT2D eigenvalue weighted by molar-refractivity contribution is 0.101. The van der Waals surface area contributed by atoms with Crippen molar-refractivity contribution in [1.82, 2.24) is 10.1 Å². The summed E-state index contributed by atoms with van der Waals surface area (Å²) in [5.74, 6) is -0.178. The van der Waals surface area contributed by atoms with Crippen LogP contribution in [-0.4, -0.2) is 31.6 Å². The molecule has 0 aliphatic carbocycles. The summed E-state index contributed by atoms with van der Waals surface area (Å²) in [5.41, 5.74) is 2.24. The molecule has 0 bridgehead atoms. The molecule has 0 spiro atoms. The first-order valence-electron chi connectivity index (χ1n) is 8.59. The van der Waals surface area contributed by atoms with E-state index >= 15 is 0 Å². The molecule has 29 heavy (non-hydrogen) atoms. The number of benzene rings is 1. The van der Waals surface area contributed by atoms with Crippen LogP contribution in [0.2, 0.25) is 0 Å². The molecule has 0 radical (unpaired) electrons. The lowest BCUT2D eigenvalue weighted by Gasteiger charge is -2.15. The van der Waals surface area contributed by atoms with E-state index in [-0.39, 0.29) is 22.2 Å². The van der Waals surface area contributed by atoms with Crippen LogP contribution in [0.4, 0.5) is 11.4 Å². The summed E-state index contributed by atoms with van der Waals surface area (Å²) < 4.78 is 38.6. The highest BCUT2D eigenvalue weighted by molar-refractivity contribution is 7.92. The monoisotopic (exact) mass is 416 g/mol. The number of aryl methyl sites for hydroxylation is 3. The van der Waals surface area contributed by atoms with E-state index in [1.807, 2.05) is 6.07 Å². The maximum atomic E-state index is 13.0. The zero-order valence-electron chi connectivity index (χ0n) is 16.3. The fourth-order valence-electron chi connectivity index (χ4n) is 2.68. The Labute approximate surface area is 168 Å². The minimum Gasteiger partial charge on any atom is -0.480 e. The van der Waals surface area contributed by atoms with Gasteiger partial charge in [0.2, 0.25) is 5.88 Å². The van der Waals surface area contributed by atoms with Gasteiger partial charge >= 0.3 is 0 Å². The van der Waals surface area contributed by atoms with Gasteiger partial charge in [0.25, 0.3) is 15.9 Å². The van der Waals surface area contributed by atoms with Crippen molar-refractivity contribution >= 4 is 27.3 Å². The largest absolute Gasteiger partial charge is 0.480 e. The van der Waals surface area contributed by atoms with Crippen LogP contribution in [0, 0.1) is 20.8 Å². The van der Waals surface area contributed by atoms with Gasteiger partial charge in [-0.05, 0) is 38.0 Å². The minimum absolute atomic E-state index is 0.0661. The summed E-state index contributed by atoms with van der Waals surface area (Å²) in [7, 11) is -2.73. The number of carbonyl (C=O) groups excluding carboxylic acids is 1. The van der Waals surface area contributed by atoms with E-state index < -0.39 is 15.9 Å². The first-order valence-corrected chi connectivity index (χ1v) is 10.1. The maximum absolute atomic E-state index is 13.0. The number of rotatable bonds is 6. The lowest BCUT2D eigenvalue weighted by atomic mass is 10.1. The molecule has 152 valence electrons. The molecule has 3 aromatic rings. The summed E-state index contributed by atoms with van der Waals surface area (Å²) in [5, 5.41) is 6.18. The van der Waals surface area contributed by atoms with Gasteiger partial charge in [0, 0.05) is 6.07 Å². The number of pyridine rings is 1. The molecular weight excluding hydrogens is 396 g/mol. The molecule has 0 aliphatic rings. The number of hydrogen-bond acceptors (Lipinski definition) is 7. The molecule has 3 rings (SSSR count). The lowest BCUT2D eigenvalue weighted by Crippen LogP contribution is -2.18. The van der Waals surface area contributed by atoms with E-state index in [0.717, 1.165) is 11.1 Å². The summed E-state index contributed by atoms with van der Waals surface area (Å²) >= 11 is 0. The molecule has 1 amide bonds. The van der Waals surface area contributed by atoms with Crippen molar-refractivity contribution in [1.29, 1.82) is 0 Å². The Balaban J connectivity index is 1.95. The van der Waals surface area contributed by atoms with Gasteiger partial charge in [-0.15, -0.1) is 0 Å². The normalized spacial score (nSPS) is 11.2. The van der Waals surface area contributed by atoms with Gasteiger partial charge in [-0.25, -0.2) is 13.4 Å². The van der Waals surface area contributed by atoms with Crippen LogP contribution < -0.4 is 14.8 Å². The van der Waals surface area contributed by atoms with Crippen molar-refractivity contribution in [2.75, 3.05) is 17.1 Å². The first kappa shape index (κ1) is 20.3. The number of hydrogen-bond donors (Lipinski definition) is 2. The molecule has 2 heterocycles. The van der Waals surface area contributed by atoms with E-state index in [1.165, 1.54) is 25.4 Å². The van der Waals surface area contributed by atoms with E-state index in [0.29, 0.717) is 11.4 Å². The molecule has 2 N–H and O–H groups in total. The summed E-state index contributed by atoms with van der Waals surface area (Å²) in [4.78, 5) is 16.1. The zero-order chi connectivity index (χ0) is 21.2. The average molecular weight is 416 g/mol. The fraction of sp³-hybridized carbons (Fsp3) is 0.211. The summed E-state index contributed by atoms with van der Waals surface area (Å²) in [6.45, 7) is 5.26. The summed E-state index contributed by atoms with van der Waals surface area (Å²) in [6.07, 6.45) is 1.29. The average Bonchev–Trinajstić information content (AvgIpc) is 3.11. The predicted octanol–water partition coefficient (Wildman–Crippen LogP) is 3.06. The number of ether oxygens (including phenoxy) is 1. The van der Waals surface area contributed by atoms with Crippen LogP contribution in [0.5, 0.6) is 5.88 Å². The van der Waals surface area contributed by atoms with Gasteiger partial charge < -0.3 is 14.6 Å². The summed E-state index contributed by atoms with van der Waals surface area (Å²) in [6, 6.07) is 8.18. The van der Waals surface area contributed by atoms with Crippen LogP contribution in [0.15, 0.2) is 45.9 Å². The molecule has 10 heteroatoms. The molecule has 0 unspecified atom stereocenters. The Morgan fingerprint density at radius 1 is 1.14 bits per heavy atom. The number of sulfonamides is 1. The molecule has 0 saturated carbocycles. The number of aromatic nitrogens is 2. The van der Waals surface area contributed by atoms with Crippen LogP contribution in [0.3, 0.4) is 0 Å². The number of nitrogens with zero attached hydrogens (tertiary/aromatic N) is 2. The van der Waals surface area contributed by atoms with Crippen molar-refractivity contribution in [3.05, 3.63) is 59.1 Å². The smallest absolute Gasteiger partial charge is 0.277 e. The zero-order valence-corrected chi connectivity index (χ0v) is 17.1.